The summed E-state index contributed by atoms with van der Waals surface area (Å²) in [6.07, 6.45) is 5.59. The second-order valence-corrected chi connectivity index (χ2v) is 6.62. The molecule has 0 aromatic heterocycles. The van der Waals surface area contributed by atoms with Gasteiger partial charge in [-0.25, -0.2) is 0 Å². The van der Waals surface area contributed by atoms with Gasteiger partial charge in [0, 0.05) is 30.7 Å². The fourth-order valence-electron chi connectivity index (χ4n) is 3.37. The molecular formula is C14H28N2. The molecule has 2 aliphatic rings. The van der Waals surface area contributed by atoms with Crippen LogP contribution >= 0.6 is 0 Å². The van der Waals surface area contributed by atoms with E-state index >= 15 is 0 Å². The molecule has 0 unspecified atom stereocenters. The van der Waals surface area contributed by atoms with Crippen LogP contribution in [0.5, 0.6) is 0 Å². The molecule has 0 aliphatic carbocycles. The van der Waals surface area contributed by atoms with Gasteiger partial charge in [-0.3, -0.25) is 9.80 Å². The molecule has 0 aromatic rings. The molecule has 0 amide bonds. The number of piperidine rings is 1. The summed E-state index contributed by atoms with van der Waals surface area (Å²) in [5, 5.41) is 0. The molecule has 0 bridgehead atoms. The van der Waals surface area contributed by atoms with Crippen molar-refractivity contribution in [1.82, 2.24) is 9.80 Å². The fraction of sp³-hybridized carbons (Fsp3) is 1.00. The van der Waals surface area contributed by atoms with Crippen LogP contribution in [0.15, 0.2) is 0 Å². The van der Waals surface area contributed by atoms with Gasteiger partial charge in [0.05, 0.1) is 0 Å². The molecule has 2 fully saturated rings. The minimum atomic E-state index is 0.363. The van der Waals surface area contributed by atoms with E-state index in [9.17, 15) is 0 Å². The van der Waals surface area contributed by atoms with Gasteiger partial charge in [-0.2, -0.15) is 0 Å². The zero-order valence-electron chi connectivity index (χ0n) is 11.5. The van der Waals surface area contributed by atoms with E-state index in [-0.39, 0.29) is 0 Å². The first-order chi connectivity index (χ1) is 7.48. The van der Waals surface area contributed by atoms with Crippen LogP contribution in [-0.2, 0) is 0 Å². The van der Waals surface area contributed by atoms with E-state index < -0.39 is 0 Å². The molecule has 16 heavy (non-hydrogen) atoms. The van der Waals surface area contributed by atoms with Crippen molar-refractivity contribution >= 4 is 0 Å². The van der Waals surface area contributed by atoms with Crippen molar-refractivity contribution in [3.63, 3.8) is 0 Å². The van der Waals surface area contributed by atoms with Crippen LogP contribution in [0.3, 0.4) is 0 Å². The third-order valence-corrected chi connectivity index (χ3v) is 4.49. The van der Waals surface area contributed by atoms with Gasteiger partial charge in [0.25, 0.3) is 0 Å². The lowest BCUT2D eigenvalue weighted by atomic mass is 9.97. The summed E-state index contributed by atoms with van der Waals surface area (Å²) < 4.78 is 0. The van der Waals surface area contributed by atoms with E-state index in [1.165, 1.54) is 45.3 Å². The highest BCUT2D eigenvalue weighted by Crippen LogP contribution is 2.27. The Kier molecular flexibility index (Phi) is 3.60. The van der Waals surface area contributed by atoms with Gasteiger partial charge in [-0.15, -0.1) is 0 Å². The predicted molar refractivity (Wildman–Crippen MR) is 69.8 cm³/mol. The third kappa shape index (κ3) is 2.60. The van der Waals surface area contributed by atoms with Crippen molar-refractivity contribution in [2.75, 3.05) is 19.6 Å². The minimum absolute atomic E-state index is 0.363. The molecule has 0 spiro atoms. The molecular weight excluding hydrogens is 196 g/mol. The molecule has 0 radical (unpaired) electrons. The number of nitrogens with zero attached hydrogens (tertiary/aromatic N) is 2. The monoisotopic (exact) mass is 224 g/mol. The van der Waals surface area contributed by atoms with Crippen LogP contribution in [0.2, 0.25) is 0 Å². The van der Waals surface area contributed by atoms with E-state index in [0.717, 1.165) is 12.1 Å². The third-order valence-electron chi connectivity index (χ3n) is 4.49. The molecule has 2 nitrogen and oxygen atoms in total. The molecule has 1 atom stereocenters. The molecule has 2 heteroatoms. The van der Waals surface area contributed by atoms with Gasteiger partial charge < -0.3 is 0 Å². The zero-order chi connectivity index (χ0) is 11.8. The summed E-state index contributed by atoms with van der Waals surface area (Å²) in [6.45, 7) is 13.3. The van der Waals surface area contributed by atoms with Gasteiger partial charge >= 0.3 is 0 Å². The van der Waals surface area contributed by atoms with Crippen molar-refractivity contribution in [3.8, 4) is 0 Å². The van der Waals surface area contributed by atoms with E-state index in [4.69, 9.17) is 0 Å². The Bertz CT molecular complexity index is 223. The first-order valence-electron chi connectivity index (χ1n) is 6.99. The highest BCUT2D eigenvalue weighted by molar-refractivity contribution is 4.89. The lowest BCUT2D eigenvalue weighted by molar-refractivity contribution is 0.0540. The van der Waals surface area contributed by atoms with Gasteiger partial charge in [-0.1, -0.05) is 0 Å². The largest absolute Gasteiger partial charge is 0.298 e. The Labute approximate surface area is 101 Å². The van der Waals surface area contributed by atoms with Crippen LogP contribution in [-0.4, -0.2) is 47.1 Å². The van der Waals surface area contributed by atoms with Crippen LogP contribution in [0.25, 0.3) is 0 Å². The van der Waals surface area contributed by atoms with Crippen LogP contribution < -0.4 is 0 Å². The minimum Gasteiger partial charge on any atom is -0.298 e. The summed E-state index contributed by atoms with van der Waals surface area (Å²) in [4.78, 5) is 5.41. The summed E-state index contributed by atoms with van der Waals surface area (Å²) in [5.41, 5.74) is 0.363. The average Bonchev–Trinajstić information content (AvgIpc) is 2.63. The van der Waals surface area contributed by atoms with Crippen LogP contribution in [0, 0.1) is 0 Å². The maximum Gasteiger partial charge on any atom is 0.0125 e. The Morgan fingerprint density at radius 2 is 1.56 bits per heavy atom. The Morgan fingerprint density at radius 3 is 2.00 bits per heavy atom. The second kappa shape index (κ2) is 4.66. The summed E-state index contributed by atoms with van der Waals surface area (Å²) >= 11 is 0. The van der Waals surface area contributed by atoms with Crippen LogP contribution in [0.4, 0.5) is 0 Å². The molecule has 2 saturated heterocycles. The number of rotatable bonds is 1. The summed E-state index contributed by atoms with van der Waals surface area (Å²) in [7, 11) is 0. The van der Waals surface area contributed by atoms with Gasteiger partial charge in [0.1, 0.15) is 0 Å². The number of likely N-dealkylation sites (tertiary alicyclic amines) is 2. The molecule has 0 N–H and O–H groups in total. The molecule has 0 aromatic carbocycles. The molecule has 2 aliphatic heterocycles. The maximum absolute atomic E-state index is 2.76. The van der Waals surface area contributed by atoms with Crippen molar-refractivity contribution in [1.29, 1.82) is 0 Å². The maximum atomic E-state index is 2.76. The Balaban J connectivity index is 1.85. The number of hydrogen-bond acceptors (Lipinski definition) is 2. The lowest BCUT2D eigenvalue weighted by Crippen LogP contribution is -2.51. The van der Waals surface area contributed by atoms with Gasteiger partial charge in [0.15, 0.2) is 0 Å². The topological polar surface area (TPSA) is 6.48 Å². The zero-order valence-corrected chi connectivity index (χ0v) is 11.5. The van der Waals surface area contributed by atoms with Gasteiger partial charge in [-0.05, 0) is 59.9 Å². The normalized spacial score (nSPS) is 31.1. The van der Waals surface area contributed by atoms with Crippen molar-refractivity contribution in [2.24, 2.45) is 0 Å². The first-order valence-corrected chi connectivity index (χ1v) is 6.99. The fourth-order valence-corrected chi connectivity index (χ4v) is 3.37. The quantitative estimate of drug-likeness (QED) is 0.676. The molecule has 94 valence electrons. The van der Waals surface area contributed by atoms with Crippen molar-refractivity contribution in [2.45, 2.75) is 71.0 Å². The standard InChI is InChI=1S/C14H28N2/c1-12-6-5-9-16(12)13-7-10-15(11-8-13)14(2,3)4/h12-13H,5-11H2,1-4H3/t12-/m1/s1. The molecule has 0 saturated carbocycles. The summed E-state index contributed by atoms with van der Waals surface area (Å²) in [6, 6.07) is 1.71. The van der Waals surface area contributed by atoms with E-state index in [0.29, 0.717) is 5.54 Å². The average molecular weight is 224 g/mol. The molecule has 2 heterocycles. The van der Waals surface area contributed by atoms with Crippen molar-refractivity contribution < 1.29 is 0 Å². The highest BCUT2D eigenvalue weighted by Gasteiger charge is 2.32. The SMILES string of the molecule is C[C@@H]1CCCN1C1CCN(C(C)(C)C)CC1. The first kappa shape index (κ1) is 12.4. The smallest absolute Gasteiger partial charge is 0.0125 e. The van der Waals surface area contributed by atoms with Crippen LogP contribution in [0.1, 0.15) is 53.4 Å². The second-order valence-electron chi connectivity index (χ2n) is 6.62. The van der Waals surface area contributed by atoms with Crippen molar-refractivity contribution in [3.05, 3.63) is 0 Å². The Morgan fingerprint density at radius 1 is 0.938 bits per heavy atom. The van der Waals surface area contributed by atoms with Gasteiger partial charge in [0.2, 0.25) is 0 Å². The summed E-state index contributed by atoms with van der Waals surface area (Å²) in [5.74, 6) is 0. The van der Waals surface area contributed by atoms with E-state index in [2.05, 4.69) is 37.5 Å². The number of hydrogen-bond donors (Lipinski definition) is 0. The van der Waals surface area contributed by atoms with E-state index in [1.54, 1.807) is 0 Å². The predicted octanol–water partition coefficient (Wildman–Crippen LogP) is 2.73. The Hall–Kier alpha value is -0.0800. The van der Waals surface area contributed by atoms with E-state index in [1.807, 2.05) is 0 Å². The molecule has 2 rings (SSSR count). The lowest BCUT2D eigenvalue weighted by Gasteiger charge is -2.44. The highest BCUT2D eigenvalue weighted by atomic mass is 15.2.